The Labute approximate surface area is 149 Å². The summed E-state index contributed by atoms with van der Waals surface area (Å²) in [4.78, 5) is 2.17. The van der Waals surface area contributed by atoms with Crippen molar-refractivity contribution in [2.75, 3.05) is 13.6 Å². The van der Waals surface area contributed by atoms with Crippen LogP contribution in [0.4, 0.5) is 4.39 Å². The largest absolute Gasteiger partial charge is 0.367 e. The van der Waals surface area contributed by atoms with Crippen molar-refractivity contribution in [2.45, 2.75) is 26.8 Å². The SMILES string of the molecule is C/C(=C\C(=C/C=N)C1=C(c2ccc(F)c(C)c2)N(C)C(C)C=C1)CN. The summed E-state index contributed by atoms with van der Waals surface area (Å²) < 4.78 is 13.7. The number of allylic oxidation sites excluding steroid dienone is 5. The highest BCUT2D eigenvalue weighted by atomic mass is 19.1. The summed E-state index contributed by atoms with van der Waals surface area (Å²) in [5, 5.41) is 7.50. The Morgan fingerprint density at radius 2 is 2.12 bits per heavy atom. The third kappa shape index (κ3) is 4.15. The molecule has 1 aromatic carbocycles. The van der Waals surface area contributed by atoms with E-state index >= 15 is 0 Å². The molecule has 4 heteroatoms. The monoisotopic (exact) mass is 339 g/mol. The van der Waals surface area contributed by atoms with Crippen LogP contribution in [0.25, 0.3) is 5.70 Å². The average molecular weight is 339 g/mol. The fraction of sp³-hybridized carbons (Fsp3) is 0.286. The second-order valence-corrected chi connectivity index (χ2v) is 6.42. The van der Waals surface area contributed by atoms with E-state index in [0.29, 0.717) is 12.1 Å². The molecular weight excluding hydrogens is 313 g/mol. The summed E-state index contributed by atoms with van der Waals surface area (Å²) in [5.41, 5.74) is 11.3. The zero-order valence-electron chi connectivity index (χ0n) is 15.3. The van der Waals surface area contributed by atoms with Crippen LogP contribution in [0.15, 0.2) is 59.2 Å². The average Bonchev–Trinajstić information content (AvgIpc) is 2.59. The molecule has 0 saturated heterocycles. The molecule has 0 saturated carbocycles. The molecule has 1 aromatic rings. The van der Waals surface area contributed by atoms with Crippen molar-refractivity contribution in [3.05, 3.63) is 76.2 Å². The number of hydrogen-bond acceptors (Lipinski definition) is 3. The number of nitrogens with zero attached hydrogens (tertiary/aromatic N) is 1. The first-order valence-corrected chi connectivity index (χ1v) is 8.39. The molecule has 0 aliphatic carbocycles. The van der Waals surface area contributed by atoms with Gasteiger partial charge in [-0.05, 0) is 61.7 Å². The fourth-order valence-corrected chi connectivity index (χ4v) is 2.85. The van der Waals surface area contributed by atoms with Gasteiger partial charge < -0.3 is 16.0 Å². The van der Waals surface area contributed by atoms with Crippen LogP contribution >= 0.6 is 0 Å². The normalized spacial score (nSPS) is 18.8. The summed E-state index contributed by atoms with van der Waals surface area (Å²) >= 11 is 0. The van der Waals surface area contributed by atoms with Crippen molar-refractivity contribution in [3.8, 4) is 0 Å². The topological polar surface area (TPSA) is 53.1 Å². The van der Waals surface area contributed by atoms with E-state index in [-0.39, 0.29) is 11.9 Å². The molecule has 1 unspecified atom stereocenters. The van der Waals surface area contributed by atoms with Crippen LogP contribution in [-0.4, -0.2) is 30.7 Å². The second kappa shape index (κ2) is 8.08. The van der Waals surface area contributed by atoms with Crippen LogP contribution in [0.1, 0.15) is 25.0 Å². The number of hydrogen-bond donors (Lipinski definition) is 2. The van der Waals surface area contributed by atoms with Gasteiger partial charge in [-0.3, -0.25) is 0 Å². The number of benzene rings is 1. The van der Waals surface area contributed by atoms with Gasteiger partial charge in [0.25, 0.3) is 0 Å². The molecule has 0 amide bonds. The third-order valence-electron chi connectivity index (χ3n) is 4.49. The highest BCUT2D eigenvalue weighted by Gasteiger charge is 2.22. The highest BCUT2D eigenvalue weighted by Crippen LogP contribution is 2.34. The number of halogens is 1. The number of nitrogens with one attached hydrogen (secondary N) is 1. The summed E-state index contributed by atoms with van der Waals surface area (Å²) in [6.45, 7) is 6.32. The fourth-order valence-electron chi connectivity index (χ4n) is 2.85. The molecule has 1 aliphatic rings. The molecule has 1 aliphatic heterocycles. The van der Waals surface area contributed by atoms with Crippen LogP contribution in [0.5, 0.6) is 0 Å². The van der Waals surface area contributed by atoms with Gasteiger partial charge in [-0.1, -0.05) is 23.8 Å². The summed E-state index contributed by atoms with van der Waals surface area (Å²) in [6.07, 6.45) is 9.25. The molecule has 0 aromatic heterocycles. The van der Waals surface area contributed by atoms with Gasteiger partial charge in [0, 0.05) is 31.4 Å². The van der Waals surface area contributed by atoms with Crippen LogP contribution in [-0.2, 0) is 0 Å². The van der Waals surface area contributed by atoms with Gasteiger partial charge in [-0.25, -0.2) is 4.39 Å². The minimum absolute atomic E-state index is 0.206. The lowest BCUT2D eigenvalue weighted by atomic mass is 9.92. The lowest BCUT2D eigenvalue weighted by Crippen LogP contribution is -2.29. The molecule has 0 spiro atoms. The molecule has 1 heterocycles. The van der Waals surface area contributed by atoms with E-state index in [1.807, 2.05) is 32.2 Å². The Hall–Kier alpha value is -2.46. The van der Waals surface area contributed by atoms with Crippen LogP contribution in [0.3, 0.4) is 0 Å². The first-order valence-electron chi connectivity index (χ1n) is 8.39. The van der Waals surface area contributed by atoms with Gasteiger partial charge in [0.15, 0.2) is 0 Å². The minimum Gasteiger partial charge on any atom is -0.367 e. The summed E-state index contributed by atoms with van der Waals surface area (Å²) in [5.74, 6) is -0.206. The van der Waals surface area contributed by atoms with Crippen molar-refractivity contribution in [1.82, 2.24) is 4.90 Å². The Kier molecular flexibility index (Phi) is 6.10. The van der Waals surface area contributed by atoms with Crippen molar-refractivity contribution >= 4 is 11.9 Å². The van der Waals surface area contributed by atoms with Crippen LogP contribution < -0.4 is 5.73 Å². The number of likely N-dealkylation sites (N-methyl/N-ethyl adjacent to an activating group) is 1. The maximum atomic E-state index is 13.7. The lowest BCUT2D eigenvalue weighted by Gasteiger charge is -2.33. The Balaban J connectivity index is 2.71. The van der Waals surface area contributed by atoms with E-state index in [2.05, 4.69) is 24.0 Å². The van der Waals surface area contributed by atoms with E-state index in [1.165, 1.54) is 12.3 Å². The van der Waals surface area contributed by atoms with E-state index < -0.39 is 0 Å². The van der Waals surface area contributed by atoms with E-state index in [0.717, 1.165) is 28.0 Å². The van der Waals surface area contributed by atoms with E-state index in [9.17, 15) is 4.39 Å². The molecule has 132 valence electrons. The number of nitrogens with two attached hydrogens (primary N) is 1. The lowest BCUT2D eigenvalue weighted by molar-refractivity contribution is 0.423. The van der Waals surface area contributed by atoms with E-state index in [1.54, 1.807) is 13.0 Å². The van der Waals surface area contributed by atoms with Gasteiger partial charge in [-0.15, -0.1) is 0 Å². The minimum atomic E-state index is -0.206. The van der Waals surface area contributed by atoms with Crippen molar-refractivity contribution < 1.29 is 4.39 Å². The first kappa shape index (κ1) is 18.9. The Morgan fingerprint density at radius 1 is 1.40 bits per heavy atom. The first-order chi connectivity index (χ1) is 11.9. The predicted molar refractivity (Wildman–Crippen MR) is 104 cm³/mol. The molecule has 2 rings (SSSR count). The zero-order valence-corrected chi connectivity index (χ0v) is 15.3. The van der Waals surface area contributed by atoms with Crippen molar-refractivity contribution in [3.63, 3.8) is 0 Å². The maximum absolute atomic E-state index is 13.7. The van der Waals surface area contributed by atoms with Crippen molar-refractivity contribution in [1.29, 1.82) is 5.41 Å². The Morgan fingerprint density at radius 3 is 2.72 bits per heavy atom. The van der Waals surface area contributed by atoms with E-state index in [4.69, 9.17) is 11.1 Å². The molecule has 3 nitrogen and oxygen atoms in total. The Bertz CT molecular complexity index is 784. The van der Waals surface area contributed by atoms with Gasteiger partial charge >= 0.3 is 0 Å². The second-order valence-electron chi connectivity index (χ2n) is 6.42. The molecule has 0 fully saturated rings. The number of aryl methyl sites for hydroxylation is 1. The molecule has 0 bridgehead atoms. The smallest absolute Gasteiger partial charge is 0.126 e. The van der Waals surface area contributed by atoms with Crippen LogP contribution in [0, 0.1) is 18.2 Å². The molecular formula is C21H26FN3. The zero-order chi connectivity index (χ0) is 18.6. The highest BCUT2D eigenvalue weighted by molar-refractivity contribution is 5.81. The predicted octanol–water partition coefficient (Wildman–Crippen LogP) is 4.22. The van der Waals surface area contributed by atoms with Crippen molar-refractivity contribution in [2.24, 2.45) is 5.73 Å². The summed E-state index contributed by atoms with van der Waals surface area (Å²) in [6, 6.07) is 5.41. The third-order valence-corrected chi connectivity index (χ3v) is 4.49. The maximum Gasteiger partial charge on any atom is 0.126 e. The quantitative estimate of drug-likeness (QED) is 0.623. The molecule has 3 N–H and O–H groups in total. The molecule has 0 radical (unpaired) electrons. The number of rotatable bonds is 5. The van der Waals surface area contributed by atoms with Crippen LogP contribution in [0.2, 0.25) is 0 Å². The van der Waals surface area contributed by atoms with Gasteiger partial charge in [0.05, 0.1) is 5.70 Å². The molecule has 25 heavy (non-hydrogen) atoms. The molecule has 1 atom stereocenters. The van der Waals surface area contributed by atoms with Gasteiger partial charge in [0.2, 0.25) is 0 Å². The summed E-state index contributed by atoms with van der Waals surface area (Å²) in [7, 11) is 2.03. The van der Waals surface area contributed by atoms with Gasteiger partial charge in [-0.2, -0.15) is 0 Å². The van der Waals surface area contributed by atoms with Gasteiger partial charge in [0.1, 0.15) is 5.82 Å². The standard InChI is InChI=1S/C21H26FN3/c1-14(13-24)11-17(9-10-23)19-7-5-16(3)25(4)21(19)18-6-8-20(22)15(2)12-18/h5-12,16,23H,13,24H2,1-4H3/b14-11+,17-9+,23-10?.